The lowest BCUT2D eigenvalue weighted by molar-refractivity contribution is -0.125. The summed E-state index contributed by atoms with van der Waals surface area (Å²) in [5, 5.41) is 4.56. The number of nitrogens with one attached hydrogen (secondary N) is 2. The van der Waals surface area contributed by atoms with E-state index in [0.29, 0.717) is 18.2 Å². The predicted molar refractivity (Wildman–Crippen MR) is 103 cm³/mol. The Morgan fingerprint density at radius 3 is 2.73 bits per heavy atom. The first kappa shape index (κ1) is 17.0. The van der Waals surface area contributed by atoms with Crippen LogP contribution in [0.25, 0.3) is 10.9 Å². The number of hydrogen-bond acceptors (Lipinski definition) is 2. The Morgan fingerprint density at radius 2 is 2.00 bits per heavy atom. The molecule has 5 heteroatoms. The lowest BCUT2D eigenvalue weighted by atomic mass is 10.1. The molecule has 0 atom stereocenters. The van der Waals surface area contributed by atoms with E-state index < -0.39 is 0 Å². The van der Waals surface area contributed by atoms with Crippen molar-refractivity contribution in [2.24, 2.45) is 5.41 Å². The molecule has 2 N–H and O–H groups in total. The maximum absolute atomic E-state index is 12.1. The third kappa shape index (κ3) is 3.42. The molecular formula is C21H21ClN2O2. The number of amides is 1. The van der Waals surface area contributed by atoms with E-state index in [1.54, 1.807) is 0 Å². The van der Waals surface area contributed by atoms with E-state index in [1.165, 1.54) is 0 Å². The quantitative estimate of drug-likeness (QED) is 0.655. The highest BCUT2D eigenvalue weighted by atomic mass is 35.5. The van der Waals surface area contributed by atoms with Crippen molar-refractivity contribution >= 4 is 28.4 Å². The van der Waals surface area contributed by atoms with Crippen molar-refractivity contribution in [1.82, 2.24) is 10.3 Å². The van der Waals surface area contributed by atoms with E-state index in [4.69, 9.17) is 16.3 Å². The maximum atomic E-state index is 12.1. The summed E-state index contributed by atoms with van der Waals surface area (Å²) in [5.74, 6) is 0.874. The van der Waals surface area contributed by atoms with Crippen molar-refractivity contribution in [3.8, 4) is 5.75 Å². The summed E-state index contributed by atoms with van der Waals surface area (Å²) in [6.45, 7) is 2.91. The normalized spacial score (nSPS) is 15.0. The molecule has 4 nitrogen and oxygen atoms in total. The Bertz CT molecular complexity index is 945. The Hall–Kier alpha value is -2.46. The monoisotopic (exact) mass is 368 g/mol. The smallest absolute Gasteiger partial charge is 0.226 e. The van der Waals surface area contributed by atoms with Crippen LogP contribution in [0.1, 0.15) is 31.0 Å². The molecule has 3 aromatic rings. The zero-order chi connectivity index (χ0) is 18.1. The molecule has 1 fully saturated rings. The van der Waals surface area contributed by atoms with E-state index in [1.807, 2.05) is 55.5 Å². The minimum atomic E-state index is -0.184. The fourth-order valence-corrected chi connectivity index (χ4v) is 3.23. The van der Waals surface area contributed by atoms with E-state index >= 15 is 0 Å². The second kappa shape index (κ2) is 6.69. The number of rotatable bonds is 6. The van der Waals surface area contributed by atoms with Crippen molar-refractivity contribution in [1.29, 1.82) is 0 Å². The fourth-order valence-electron chi connectivity index (χ4n) is 2.95. The number of ether oxygens (including phenoxy) is 1. The van der Waals surface area contributed by atoms with Gasteiger partial charge in [0, 0.05) is 16.9 Å². The van der Waals surface area contributed by atoms with Gasteiger partial charge < -0.3 is 15.0 Å². The molecular weight excluding hydrogens is 348 g/mol. The molecule has 0 bridgehead atoms. The third-order valence-corrected chi connectivity index (χ3v) is 5.43. The van der Waals surface area contributed by atoms with Crippen LogP contribution < -0.4 is 10.1 Å². The Morgan fingerprint density at radius 1 is 1.23 bits per heavy atom. The van der Waals surface area contributed by atoms with Gasteiger partial charge in [0.1, 0.15) is 12.4 Å². The average Bonchev–Trinajstić information content (AvgIpc) is 3.34. The van der Waals surface area contributed by atoms with E-state index in [2.05, 4.69) is 10.3 Å². The predicted octanol–water partition coefficient (Wildman–Crippen LogP) is 4.82. The second-order valence-electron chi connectivity index (χ2n) is 7.14. The number of carbonyl (C=O) groups excluding carboxylic acids is 1. The van der Waals surface area contributed by atoms with Crippen molar-refractivity contribution < 1.29 is 9.53 Å². The van der Waals surface area contributed by atoms with Crippen molar-refractivity contribution in [2.75, 3.05) is 0 Å². The summed E-state index contributed by atoms with van der Waals surface area (Å²) in [7, 11) is 0. The van der Waals surface area contributed by atoms with Gasteiger partial charge in [0.05, 0.1) is 22.8 Å². The lowest BCUT2D eigenvalue weighted by Crippen LogP contribution is -2.29. The van der Waals surface area contributed by atoms with Gasteiger partial charge in [-0.25, -0.2) is 0 Å². The van der Waals surface area contributed by atoms with Crippen molar-refractivity contribution in [3.05, 3.63) is 64.8 Å². The number of benzene rings is 2. The summed E-state index contributed by atoms with van der Waals surface area (Å²) >= 11 is 6.47. The highest BCUT2D eigenvalue weighted by Gasteiger charge is 2.44. The van der Waals surface area contributed by atoms with Crippen LogP contribution in [0.3, 0.4) is 0 Å². The SMILES string of the molecule is CC1(C(=O)NCc2[nH]c3cc(OCc4ccccc4)ccc3c2Cl)CC1. The number of fused-ring (bicyclic) bond motifs is 1. The van der Waals surface area contributed by atoms with Crippen LogP contribution in [0.15, 0.2) is 48.5 Å². The molecule has 0 radical (unpaired) electrons. The summed E-state index contributed by atoms with van der Waals surface area (Å²) < 4.78 is 5.87. The molecule has 1 heterocycles. The van der Waals surface area contributed by atoms with Crippen LogP contribution in [-0.2, 0) is 17.9 Å². The highest BCUT2D eigenvalue weighted by molar-refractivity contribution is 6.36. The average molecular weight is 369 g/mol. The van der Waals surface area contributed by atoms with Crippen molar-refractivity contribution in [2.45, 2.75) is 32.9 Å². The topological polar surface area (TPSA) is 54.1 Å². The molecule has 0 spiro atoms. The van der Waals surface area contributed by atoms with Crippen LogP contribution in [0.4, 0.5) is 0 Å². The first-order valence-corrected chi connectivity index (χ1v) is 9.18. The molecule has 0 unspecified atom stereocenters. The second-order valence-corrected chi connectivity index (χ2v) is 7.52. The van der Waals surface area contributed by atoms with Crippen LogP contribution in [0.5, 0.6) is 5.75 Å². The van der Waals surface area contributed by atoms with Gasteiger partial charge >= 0.3 is 0 Å². The van der Waals surface area contributed by atoms with E-state index in [9.17, 15) is 4.79 Å². The summed E-state index contributed by atoms with van der Waals surface area (Å²) in [6, 6.07) is 15.8. The minimum absolute atomic E-state index is 0.0964. The molecule has 0 aliphatic heterocycles. The van der Waals surface area contributed by atoms with Gasteiger partial charge in [0.25, 0.3) is 0 Å². The molecule has 0 saturated heterocycles. The standard InChI is InChI=1S/C21H21ClN2O2/c1-21(9-10-21)20(25)23-12-18-19(22)16-8-7-15(11-17(16)24-18)26-13-14-5-3-2-4-6-14/h2-8,11,24H,9-10,12-13H2,1H3,(H,23,25). The molecule has 4 rings (SSSR count). The molecule has 1 aliphatic rings. The third-order valence-electron chi connectivity index (χ3n) is 5.00. The van der Waals surface area contributed by atoms with Gasteiger partial charge in [-0.15, -0.1) is 0 Å². The number of H-pyrrole nitrogens is 1. The Kier molecular flexibility index (Phi) is 4.37. The van der Waals surface area contributed by atoms with Crippen LogP contribution in [0.2, 0.25) is 5.02 Å². The van der Waals surface area contributed by atoms with Gasteiger partial charge in [-0.2, -0.15) is 0 Å². The fraction of sp³-hybridized carbons (Fsp3) is 0.286. The van der Waals surface area contributed by atoms with E-state index in [-0.39, 0.29) is 11.3 Å². The van der Waals surface area contributed by atoms with E-state index in [0.717, 1.165) is 40.8 Å². The largest absolute Gasteiger partial charge is 0.489 e. The number of carbonyl (C=O) groups is 1. The summed E-state index contributed by atoms with van der Waals surface area (Å²) in [5.41, 5.74) is 2.66. The van der Waals surface area contributed by atoms with Crippen LogP contribution in [0, 0.1) is 5.41 Å². The van der Waals surface area contributed by atoms with Crippen molar-refractivity contribution in [3.63, 3.8) is 0 Å². The number of aromatic amines is 1. The van der Waals surface area contributed by atoms with Crippen LogP contribution in [-0.4, -0.2) is 10.9 Å². The first-order chi connectivity index (χ1) is 12.5. The van der Waals surface area contributed by atoms with Gasteiger partial charge in [-0.3, -0.25) is 4.79 Å². The Balaban J connectivity index is 1.46. The lowest BCUT2D eigenvalue weighted by Gasteiger charge is -2.09. The number of hydrogen-bond donors (Lipinski definition) is 2. The molecule has 1 amide bonds. The van der Waals surface area contributed by atoms with Gasteiger partial charge in [0.15, 0.2) is 0 Å². The first-order valence-electron chi connectivity index (χ1n) is 8.80. The maximum Gasteiger partial charge on any atom is 0.226 e. The number of halogens is 1. The van der Waals surface area contributed by atoms with Crippen LogP contribution >= 0.6 is 11.6 Å². The Labute approximate surface area is 157 Å². The minimum Gasteiger partial charge on any atom is -0.489 e. The molecule has 1 aliphatic carbocycles. The molecule has 2 aromatic carbocycles. The van der Waals surface area contributed by atoms with Gasteiger partial charge in [-0.1, -0.05) is 48.9 Å². The van der Waals surface area contributed by atoms with Gasteiger partial charge in [0.2, 0.25) is 5.91 Å². The zero-order valence-corrected chi connectivity index (χ0v) is 15.4. The molecule has 26 heavy (non-hydrogen) atoms. The summed E-state index contributed by atoms with van der Waals surface area (Å²) in [4.78, 5) is 15.4. The molecule has 1 aromatic heterocycles. The summed E-state index contributed by atoms with van der Waals surface area (Å²) in [6.07, 6.45) is 1.92. The molecule has 1 saturated carbocycles. The van der Waals surface area contributed by atoms with Gasteiger partial charge in [-0.05, 0) is 30.5 Å². The highest BCUT2D eigenvalue weighted by Crippen LogP contribution is 2.45. The number of aromatic nitrogens is 1. The zero-order valence-electron chi connectivity index (χ0n) is 14.6. The molecule has 134 valence electrons.